The second kappa shape index (κ2) is 5.33. The van der Waals surface area contributed by atoms with Crippen molar-refractivity contribution in [3.8, 4) is 0 Å². The molecule has 1 atom stereocenters. The maximum Gasteiger partial charge on any atom is 0.240 e. The Balaban J connectivity index is 1.65. The van der Waals surface area contributed by atoms with E-state index in [-0.39, 0.29) is 11.9 Å². The Morgan fingerprint density at radius 3 is 2.26 bits per heavy atom. The van der Waals surface area contributed by atoms with Gasteiger partial charge in [0.2, 0.25) is 5.91 Å². The first kappa shape index (κ1) is 12.7. The third kappa shape index (κ3) is 2.52. The molecule has 1 aliphatic carbocycles. The fraction of sp³-hybridized carbons (Fsp3) is 0.562. The van der Waals surface area contributed by atoms with Crippen molar-refractivity contribution in [1.82, 2.24) is 4.90 Å². The van der Waals surface area contributed by atoms with Crippen LogP contribution in [0.15, 0.2) is 24.3 Å². The van der Waals surface area contributed by atoms with Crippen molar-refractivity contribution >= 4 is 5.91 Å². The number of hydrogen-bond donors (Lipinski definition) is 1. The Morgan fingerprint density at radius 1 is 1.11 bits per heavy atom. The molecule has 0 saturated heterocycles. The maximum atomic E-state index is 12.5. The molecule has 3 nitrogen and oxygen atoms in total. The zero-order chi connectivity index (χ0) is 13.2. The molecule has 1 heterocycles. The van der Waals surface area contributed by atoms with E-state index in [1.54, 1.807) is 0 Å². The Kier molecular flexibility index (Phi) is 3.56. The number of nitrogens with two attached hydrogens (primary N) is 1. The van der Waals surface area contributed by atoms with Gasteiger partial charge in [-0.1, -0.05) is 43.5 Å². The molecule has 3 rings (SSSR count). The Morgan fingerprint density at radius 2 is 1.68 bits per heavy atom. The Labute approximate surface area is 114 Å². The van der Waals surface area contributed by atoms with Gasteiger partial charge in [0.1, 0.15) is 0 Å². The van der Waals surface area contributed by atoms with Crippen LogP contribution in [0, 0.1) is 5.92 Å². The molecule has 19 heavy (non-hydrogen) atoms. The Hall–Kier alpha value is -1.35. The number of amides is 1. The molecule has 2 aliphatic rings. The minimum Gasteiger partial charge on any atom is -0.333 e. The summed E-state index contributed by atoms with van der Waals surface area (Å²) in [6.07, 6.45) is 5.99. The van der Waals surface area contributed by atoms with E-state index in [4.69, 9.17) is 5.73 Å². The lowest BCUT2D eigenvalue weighted by molar-refractivity contribution is -0.134. The summed E-state index contributed by atoms with van der Waals surface area (Å²) in [5.74, 6) is 0.535. The van der Waals surface area contributed by atoms with Gasteiger partial charge in [-0.2, -0.15) is 0 Å². The molecule has 0 unspecified atom stereocenters. The van der Waals surface area contributed by atoms with Crippen molar-refractivity contribution in [1.29, 1.82) is 0 Å². The predicted molar refractivity (Wildman–Crippen MR) is 75.2 cm³/mol. The van der Waals surface area contributed by atoms with Gasteiger partial charge in [-0.05, 0) is 29.9 Å². The van der Waals surface area contributed by atoms with Crippen molar-refractivity contribution in [2.45, 2.75) is 51.2 Å². The van der Waals surface area contributed by atoms with Gasteiger partial charge in [0, 0.05) is 13.1 Å². The number of carbonyl (C=O) groups excluding carboxylic acids is 1. The molecule has 0 bridgehead atoms. The van der Waals surface area contributed by atoms with Crippen molar-refractivity contribution in [2.24, 2.45) is 11.7 Å². The monoisotopic (exact) mass is 258 g/mol. The summed E-state index contributed by atoms with van der Waals surface area (Å²) >= 11 is 0. The average molecular weight is 258 g/mol. The van der Waals surface area contributed by atoms with Crippen molar-refractivity contribution in [3.05, 3.63) is 35.4 Å². The highest BCUT2D eigenvalue weighted by Crippen LogP contribution is 2.28. The molecule has 1 amide bonds. The van der Waals surface area contributed by atoms with E-state index in [1.807, 2.05) is 17.0 Å². The van der Waals surface area contributed by atoms with E-state index in [2.05, 4.69) is 12.1 Å². The lowest BCUT2D eigenvalue weighted by Gasteiger charge is -2.29. The number of carbonyl (C=O) groups is 1. The van der Waals surface area contributed by atoms with Crippen LogP contribution in [0.3, 0.4) is 0 Å². The van der Waals surface area contributed by atoms with Crippen molar-refractivity contribution in [2.75, 3.05) is 0 Å². The second-order valence-corrected chi connectivity index (χ2v) is 5.89. The van der Waals surface area contributed by atoms with Crippen LogP contribution < -0.4 is 5.73 Å². The minimum atomic E-state index is -0.297. The van der Waals surface area contributed by atoms with Crippen LogP contribution in [0.5, 0.6) is 0 Å². The molecular weight excluding hydrogens is 236 g/mol. The number of fused-ring (bicyclic) bond motifs is 1. The first-order valence-corrected chi connectivity index (χ1v) is 7.37. The summed E-state index contributed by atoms with van der Waals surface area (Å²) in [6, 6.07) is 7.99. The van der Waals surface area contributed by atoms with Crippen LogP contribution in [-0.4, -0.2) is 16.8 Å². The average Bonchev–Trinajstić information content (AvgIpc) is 2.90. The van der Waals surface area contributed by atoms with Gasteiger partial charge in [-0.25, -0.2) is 0 Å². The summed E-state index contributed by atoms with van der Waals surface area (Å²) < 4.78 is 0. The summed E-state index contributed by atoms with van der Waals surface area (Å²) in [5, 5.41) is 0. The van der Waals surface area contributed by atoms with Crippen molar-refractivity contribution in [3.63, 3.8) is 0 Å². The molecule has 0 radical (unpaired) electrons. The summed E-state index contributed by atoms with van der Waals surface area (Å²) in [5.41, 5.74) is 8.76. The van der Waals surface area contributed by atoms with Crippen LogP contribution in [0.25, 0.3) is 0 Å². The van der Waals surface area contributed by atoms with E-state index in [9.17, 15) is 4.79 Å². The van der Waals surface area contributed by atoms with E-state index in [0.29, 0.717) is 5.92 Å². The fourth-order valence-corrected chi connectivity index (χ4v) is 3.39. The standard InChI is InChI=1S/C16H22N2O/c17-15(12-6-2-1-3-7-12)16(19)18-10-13-8-4-5-9-14(13)11-18/h4-5,8-9,12,15H,1-3,6-7,10-11,17H2/t15-/m0/s1. The van der Waals surface area contributed by atoms with Gasteiger partial charge >= 0.3 is 0 Å². The highest BCUT2D eigenvalue weighted by atomic mass is 16.2. The molecule has 1 fully saturated rings. The van der Waals surface area contributed by atoms with E-state index < -0.39 is 0 Å². The molecule has 3 heteroatoms. The topological polar surface area (TPSA) is 46.3 Å². The first-order valence-electron chi connectivity index (χ1n) is 7.37. The summed E-state index contributed by atoms with van der Waals surface area (Å²) in [4.78, 5) is 14.4. The molecule has 1 saturated carbocycles. The molecule has 1 aliphatic heterocycles. The number of rotatable bonds is 2. The first-order chi connectivity index (χ1) is 9.25. The van der Waals surface area contributed by atoms with Crippen LogP contribution in [0.2, 0.25) is 0 Å². The van der Waals surface area contributed by atoms with Gasteiger partial charge in [0.05, 0.1) is 6.04 Å². The summed E-state index contributed by atoms with van der Waals surface area (Å²) in [6.45, 7) is 1.46. The smallest absolute Gasteiger partial charge is 0.240 e. The second-order valence-electron chi connectivity index (χ2n) is 5.89. The van der Waals surface area contributed by atoms with Crippen molar-refractivity contribution < 1.29 is 4.79 Å². The largest absolute Gasteiger partial charge is 0.333 e. The molecular formula is C16H22N2O. The zero-order valence-corrected chi connectivity index (χ0v) is 11.3. The molecule has 2 N–H and O–H groups in total. The van der Waals surface area contributed by atoms with Gasteiger partial charge in [0.15, 0.2) is 0 Å². The lowest BCUT2D eigenvalue weighted by atomic mass is 9.84. The predicted octanol–water partition coefficient (Wildman–Crippen LogP) is 2.44. The highest BCUT2D eigenvalue weighted by molar-refractivity contribution is 5.82. The number of nitrogens with zero attached hydrogens (tertiary/aromatic N) is 1. The van der Waals surface area contributed by atoms with Gasteiger partial charge < -0.3 is 10.6 Å². The van der Waals surface area contributed by atoms with Crippen LogP contribution in [0.4, 0.5) is 0 Å². The minimum absolute atomic E-state index is 0.142. The Bertz CT molecular complexity index is 441. The lowest BCUT2D eigenvalue weighted by Crippen LogP contribution is -2.46. The van der Waals surface area contributed by atoms with Gasteiger partial charge in [-0.3, -0.25) is 4.79 Å². The van der Waals surface area contributed by atoms with E-state index >= 15 is 0 Å². The van der Waals surface area contributed by atoms with Crippen LogP contribution in [0.1, 0.15) is 43.2 Å². The third-order valence-corrected chi connectivity index (χ3v) is 4.60. The quantitative estimate of drug-likeness (QED) is 0.885. The molecule has 0 aromatic heterocycles. The van der Waals surface area contributed by atoms with E-state index in [1.165, 1.54) is 30.4 Å². The van der Waals surface area contributed by atoms with Crippen LogP contribution >= 0.6 is 0 Å². The summed E-state index contributed by atoms with van der Waals surface area (Å²) in [7, 11) is 0. The molecule has 1 aromatic rings. The molecule has 0 spiro atoms. The SMILES string of the molecule is N[C@H](C(=O)N1Cc2ccccc2C1)C1CCCCC1. The zero-order valence-electron chi connectivity index (χ0n) is 11.3. The third-order valence-electron chi connectivity index (χ3n) is 4.60. The molecule has 1 aromatic carbocycles. The highest BCUT2D eigenvalue weighted by Gasteiger charge is 2.32. The normalized spacial score (nSPS) is 21.2. The number of benzene rings is 1. The van der Waals surface area contributed by atoms with Crippen LogP contribution in [-0.2, 0) is 17.9 Å². The number of hydrogen-bond acceptors (Lipinski definition) is 2. The maximum absolute atomic E-state index is 12.5. The van der Waals surface area contributed by atoms with Gasteiger partial charge in [-0.15, -0.1) is 0 Å². The molecule has 102 valence electrons. The fourth-order valence-electron chi connectivity index (χ4n) is 3.39. The van der Waals surface area contributed by atoms with E-state index in [0.717, 1.165) is 25.9 Å². The van der Waals surface area contributed by atoms with Gasteiger partial charge in [0.25, 0.3) is 0 Å².